The smallest absolute Gasteiger partial charge is 0.192 e. The Bertz CT molecular complexity index is 524. The topological polar surface area (TPSA) is 58.9 Å². The summed E-state index contributed by atoms with van der Waals surface area (Å²) in [5, 5.41) is 17.1. The summed E-state index contributed by atoms with van der Waals surface area (Å²) in [5.74, 6) is 0. The molecule has 0 saturated heterocycles. The van der Waals surface area contributed by atoms with Gasteiger partial charge in [-0.25, -0.2) is 0 Å². The molecule has 33 heavy (non-hydrogen) atoms. The van der Waals surface area contributed by atoms with Gasteiger partial charge in [0.2, 0.25) is 0 Å². The number of alkyl halides is 2. The standard InChI is InChI=1S/C18H38O2Si2.C6H10O2.CH2Cl2/c1-17(2,3)21(7,8)19-15-13-11-12-14-16-20-22(9,10)18(4,5)6;7-5-3-1-2-4-6-8;2-1-3/h11-14H,15-16H2,1-10H3;1-4,7-8H,5-6H2;1H2/b13-11+,14-12+;3-1+,4-2+;. The van der Waals surface area contributed by atoms with E-state index in [9.17, 15) is 0 Å². The molecule has 0 spiro atoms. The van der Waals surface area contributed by atoms with Crippen LogP contribution in [0.5, 0.6) is 0 Å². The molecule has 0 aromatic heterocycles. The third kappa shape index (κ3) is 22.0. The molecule has 0 saturated carbocycles. The van der Waals surface area contributed by atoms with Crippen LogP contribution in [0.15, 0.2) is 48.6 Å². The van der Waals surface area contributed by atoms with Gasteiger partial charge >= 0.3 is 0 Å². The average Bonchev–Trinajstić information content (AvgIpc) is 2.66. The van der Waals surface area contributed by atoms with Crippen molar-refractivity contribution in [2.24, 2.45) is 0 Å². The van der Waals surface area contributed by atoms with Gasteiger partial charge in [0, 0.05) is 0 Å². The zero-order valence-corrected chi connectivity index (χ0v) is 26.1. The fourth-order valence-corrected chi connectivity index (χ4v) is 3.38. The van der Waals surface area contributed by atoms with E-state index in [-0.39, 0.29) is 28.6 Å². The molecule has 2 N–H and O–H groups in total. The predicted molar refractivity (Wildman–Crippen MR) is 154 cm³/mol. The lowest BCUT2D eigenvalue weighted by Gasteiger charge is -2.35. The molecule has 0 atom stereocenters. The van der Waals surface area contributed by atoms with Crippen LogP contribution in [0.1, 0.15) is 41.5 Å². The Morgan fingerprint density at radius 3 is 1.06 bits per heavy atom. The molecule has 0 unspecified atom stereocenters. The van der Waals surface area contributed by atoms with E-state index in [4.69, 9.17) is 42.3 Å². The predicted octanol–water partition coefficient (Wildman–Crippen LogP) is 7.65. The fraction of sp³-hybridized carbons (Fsp3) is 0.680. The lowest BCUT2D eigenvalue weighted by atomic mass is 10.2. The lowest BCUT2D eigenvalue weighted by Crippen LogP contribution is -2.40. The Balaban J connectivity index is -0.000000677. The van der Waals surface area contributed by atoms with Crippen molar-refractivity contribution >= 4 is 39.8 Å². The Morgan fingerprint density at radius 2 is 0.848 bits per heavy atom. The number of rotatable bonds is 10. The number of hydrogen-bond donors (Lipinski definition) is 2. The first kappa shape index (κ1) is 37.4. The molecule has 0 amide bonds. The third-order valence-corrected chi connectivity index (χ3v) is 14.7. The maximum absolute atomic E-state index is 8.18. The molecule has 0 aromatic carbocycles. The molecule has 0 rings (SSSR count). The summed E-state index contributed by atoms with van der Waals surface area (Å²) >= 11 is 9.53. The van der Waals surface area contributed by atoms with Crippen LogP contribution in [0.25, 0.3) is 0 Å². The van der Waals surface area contributed by atoms with E-state index < -0.39 is 16.6 Å². The fourth-order valence-electron chi connectivity index (χ4n) is 1.49. The molecular weight excluding hydrogens is 491 g/mol. The zero-order chi connectivity index (χ0) is 26.6. The van der Waals surface area contributed by atoms with Crippen molar-refractivity contribution < 1.29 is 19.1 Å². The van der Waals surface area contributed by atoms with E-state index in [1.54, 1.807) is 24.3 Å². The molecule has 4 nitrogen and oxygen atoms in total. The van der Waals surface area contributed by atoms with Crippen molar-refractivity contribution in [3.8, 4) is 0 Å². The summed E-state index contributed by atoms with van der Waals surface area (Å²) < 4.78 is 12.2. The van der Waals surface area contributed by atoms with Crippen molar-refractivity contribution in [1.82, 2.24) is 0 Å². The van der Waals surface area contributed by atoms with Gasteiger partial charge in [0.05, 0.1) is 31.8 Å². The van der Waals surface area contributed by atoms with Crippen molar-refractivity contribution in [2.75, 3.05) is 31.8 Å². The van der Waals surface area contributed by atoms with Crippen molar-refractivity contribution in [1.29, 1.82) is 0 Å². The molecule has 0 aliphatic carbocycles. The summed E-state index contributed by atoms with van der Waals surface area (Å²) in [6.45, 7) is 24.2. The molecule has 0 aliphatic heterocycles. The Kier molecular flexibility index (Phi) is 22.7. The summed E-state index contributed by atoms with van der Waals surface area (Å²) in [6.07, 6.45) is 14.8. The summed E-state index contributed by atoms with van der Waals surface area (Å²) in [4.78, 5) is 0. The number of aliphatic hydroxyl groups is 2. The Labute approximate surface area is 216 Å². The minimum Gasteiger partial charge on any atom is -0.413 e. The quantitative estimate of drug-likeness (QED) is 0.169. The Morgan fingerprint density at radius 1 is 0.606 bits per heavy atom. The minimum atomic E-state index is -1.62. The molecular formula is C25H50Cl2O4Si2. The minimum absolute atomic E-state index is 0.0514. The van der Waals surface area contributed by atoms with E-state index in [0.717, 1.165) is 0 Å². The Hall–Kier alpha value is -0.186. The monoisotopic (exact) mass is 540 g/mol. The van der Waals surface area contributed by atoms with Gasteiger partial charge in [0.1, 0.15) is 0 Å². The zero-order valence-electron chi connectivity index (χ0n) is 22.6. The number of aliphatic hydroxyl groups excluding tert-OH is 2. The molecule has 0 fully saturated rings. The van der Waals surface area contributed by atoms with E-state index in [0.29, 0.717) is 13.2 Å². The van der Waals surface area contributed by atoms with Gasteiger partial charge < -0.3 is 19.1 Å². The lowest BCUT2D eigenvalue weighted by molar-refractivity contribution is 0.327. The highest BCUT2D eigenvalue weighted by atomic mass is 35.5. The van der Waals surface area contributed by atoms with Crippen LogP contribution in [-0.4, -0.2) is 58.6 Å². The number of allylic oxidation sites excluding steroid dienone is 4. The first-order valence-corrected chi connectivity index (χ1v) is 18.2. The van der Waals surface area contributed by atoms with Crippen molar-refractivity contribution in [2.45, 2.75) is 77.8 Å². The average molecular weight is 542 g/mol. The van der Waals surface area contributed by atoms with Crippen LogP contribution < -0.4 is 0 Å². The molecule has 8 heteroatoms. The largest absolute Gasteiger partial charge is 0.413 e. The van der Waals surface area contributed by atoms with E-state index in [1.807, 2.05) is 0 Å². The highest BCUT2D eigenvalue weighted by Gasteiger charge is 2.37. The highest BCUT2D eigenvalue weighted by Crippen LogP contribution is 2.37. The van der Waals surface area contributed by atoms with E-state index >= 15 is 0 Å². The van der Waals surface area contributed by atoms with Gasteiger partial charge in [0.25, 0.3) is 0 Å². The van der Waals surface area contributed by atoms with Gasteiger partial charge in [-0.15, -0.1) is 23.2 Å². The van der Waals surface area contributed by atoms with Gasteiger partial charge in [-0.2, -0.15) is 0 Å². The van der Waals surface area contributed by atoms with Gasteiger partial charge in [-0.1, -0.05) is 90.2 Å². The second kappa shape index (κ2) is 20.1. The van der Waals surface area contributed by atoms with Crippen LogP contribution in [0.4, 0.5) is 0 Å². The van der Waals surface area contributed by atoms with E-state index in [2.05, 4.69) is 92.0 Å². The third-order valence-electron chi connectivity index (χ3n) is 5.67. The van der Waals surface area contributed by atoms with Crippen LogP contribution >= 0.6 is 23.2 Å². The number of hydrogen-bond acceptors (Lipinski definition) is 4. The highest BCUT2D eigenvalue weighted by molar-refractivity contribution is 6.74. The first-order chi connectivity index (χ1) is 15.0. The molecule has 0 bridgehead atoms. The van der Waals surface area contributed by atoms with E-state index in [1.165, 1.54) is 0 Å². The van der Waals surface area contributed by atoms with Crippen LogP contribution in [-0.2, 0) is 8.85 Å². The second-order valence-electron chi connectivity index (χ2n) is 10.3. The summed E-state index contributed by atoms with van der Waals surface area (Å²) in [7, 11) is -3.24. The van der Waals surface area contributed by atoms with Gasteiger partial charge in [-0.3, -0.25) is 0 Å². The maximum Gasteiger partial charge on any atom is 0.192 e. The van der Waals surface area contributed by atoms with Crippen LogP contribution in [0.3, 0.4) is 0 Å². The molecule has 0 aliphatic rings. The second-order valence-corrected chi connectivity index (χ2v) is 20.7. The normalized spacial score (nSPS) is 13.5. The van der Waals surface area contributed by atoms with Crippen molar-refractivity contribution in [3.05, 3.63) is 48.6 Å². The molecule has 0 heterocycles. The SMILES string of the molecule is CC(C)(C)[Si](C)(C)OC/C=C/C=C/CO[Si](C)(C)C(C)(C)C.ClCCl.OC/C=C/C=C/CO. The number of halogens is 2. The first-order valence-electron chi connectivity index (χ1n) is 11.3. The molecule has 0 aromatic rings. The van der Waals surface area contributed by atoms with Gasteiger partial charge in [0.15, 0.2) is 16.6 Å². The summed E-state index contributed by atoms with van der Waals surface area (Å²) in [6, 6.07) is 0. The van der Waals surface area contributed by atoms with Crippen LogP contribution in [0.2, 0.25) is 36.3 Å². The molecule has 0 radical (unpaired) electrons. The maximum atomic E-state index is 8.18. The molecule has 196 valence electrons. The van der Waals surface area contributed by atoms with Crippen LogP contribution in [0, 0.1) is 0 Å². The van der Waals surface area contributed by atoms with Crippen molar-refractivity contribution in [3.63, 3.8) is 0 Å². The summed E-state index contributed by atoms with van der Waals surface area (Å²) in [5.41, 5.74) is 0. The van der Waals surface area contributed by atoms with Gasteiger partial charge in [-0.05, 0) is 36.3 Å².